The number of hydrogen-bond donors (Lipinski definition) is 1. The Balaban J connectivity index is 2.05. The van der Waals surface area contributed by atoms with Crippen LogP contribution in [0.15, 0.2) is 11.4 Å². The van der Waals surface area contributed by atoms with Gasteiger partial charge in [0.1, 0.15) is 16.2 Å². The molecule has 6 nitrogen and oxygen atoms in total. The summed E-state index contributed by atoms with van der Waals surface area (Å²) in [6.45, 7) is 10.4. The fourth-order valence-electron chi connectivity index (χ4n) is 2.40. The largest absolute Gasteiger partial charge is 0.352 e. The van der Waals surface area contributed by atoms with Gasteiger partial charge in [-0.15, -0.1) is 11.3 Å². The maximum absolute atomic E-state index is 12.5. The van der Waals surface area contributed by atoms with Crippen molar-refractivity contribution in [3.05, 3.63) is 16.8 Å². The van der Waals surface area contributed by atoms with Crippen LogP contribution in [0.5, 0.6) is 0 Å². The first-order valence-corrected chi connectivity index (χ1v) is 10.0. The van der Waals surface area contributed by atoms with E-state index in [2.05, 4.69) is 29.1 Å². The Morgan fingerprint density at radius 3 is 2.68 bits per heavy atom. The highest BCUT2D eigenvalue weighted by Crippen LogP contribution is 2.34. The molecule has 136 valence electrons. The number of thioether (sulfide) groups is 1. The van der Waals surface area contributed by atoms with Crippen LogP contribution in [0.25, 0.3) is 10.2 Å². The number of hydrogen-bond acceptors (Lipinski definition) is 6. The minimum Gasteiger partial charge on any atom is -0.352 e. The standard InChI is InChI=1S/C17H24N4O2S2/c1-6-21(7-13(22)20-10(2)3)14(23)8-24-16-15-11(4)12(5)25-17(15)19-9-18-16/h9-10H,6-8H2,1-5H3,(H,20,22). The van der Waals surface area contributed by atoms with Crippen LogP contribution < -0.4 is 5.32 Å². The van der Waals surface area contributed by atoms with Gasteiger partial charge in [-0.2, -0.15) is 0 Å². The van der Waals surface area contributed by atoms with E-state index < -0.39 is 0 Å². The molecule has 1 N–H and O–H groups in total. The topological polar surface area (TPSA) is 75.2 Å². The molecule has 0 spiro atoms. The van der Waals surface area contributed by atoms with E-state index in [-0.39, 0.29) is 30.2 Å². The van der Waals surface area contributed by atoms with Crippen LogP contribution in [0.2, 0.25) is 0 Å². The lowest BCUT2D eigenvalue weighted by Crippen LogP contribution is -2.43. The van der Waals surface area contributed by atoms with Gasteiger partial charge in [0.2, 0.25) is 11.8 Å². The minimum atomic E-state index is -0.135. The summed E-state index contributed by atoms with van der Waals surface area (Å²) in [5.41, 5.74) is 1.17. The number of rotatable bonds is 7. The lowest BCUT2D eigenvalue weighted by Gasteiger charge is -2.21. The third kappa shape index (κ3) is 4.92. The summed E-state index contributed by atoms with van der Waals surface area (Å²) in [7, 11) is 0. The molecular formula is C17H24N4O2S2. The molecule has 2 heterocycles. The smallest absolute Gasteiger partial charge is 0.239 e. The van der Waals surface area contributed by atoms with Crippen molar-refractivity contribution in [3.63, 3.8) is 0 Å². The summed E-state index contributed by atoms with van der Waals surface area (Å²) < 4.78 is 0. The van der Waals surface area contributed by atoms with Gasteiger partial charge in [0.15, 0.2) is 0 Å². The molecule has 2 amide bonds. The number of nitrogens with zero attached hydrogens (tertiary/aromatic N) is 3. The first kappa shape index (κ1) is 19.7. The van der Waals surface area contributed by atoms with E-state index in [4.69, 9.17) is 0 Å². The molecule has 0 aromatic carbocycles. The third-order valence-electron chi connectivity index (χ3n) is 3.78. The molecule has 0 aliphatic carbocycles. The minimum absolute atomic E-state index is 0.0646. The number of nitrogens with one attached hydrogen (secondary N) is 1. The van der Waals surface area contributed by atoms with Crippen molar-refractivity contribution in [2.24, 2.45) is 0 Å². The van der Waals surface area contributed by atoms with Gasteiger partial charge in [-0.05, 0) is 40.2 Å². The number of aromatic nitrogens is 2. The summed E-state index contributed by atoms with van der Waals surface area (Å²) in [6, 6.07) is 0.0646. The second-order valence-electron chi connectivity index (χ2n) is 6.06. The molecule has 0 saturated carbocycles. The van der Waals surface area contributed by atoms with E-state index in [1.807, 2.05) is 20.8 Å². The zero-order valence-electron chi connectivity index (χ0n) is 15.3. The normalized spacial score (nSPS) is 11.1. The van der Waals surface area contributed by atoms with Gasteiger partial charge in [0.25, 0.3) is 0 Å². The molecule has 0 bridgehead atoms. The number of carbonyl (C=O) groups is 2. The highest BCUT2D eigenvalue weighted by molar-refractivity contribution is 8.00. The van der Waals surface area contributed by atoms with Gasteiger partial charge in [-0.3, -0.25) is 9.59 Å². The molecule has 8 heteroatoms. The molecule has 0 radical (unpaired) electrons. The van der Waals surface area contributed by atoms with E-state index in [9.17, 15) is 9.59 Å². The van der Waals surface area contributed by atoms with E-state index in [1.54, 1.807) is 16.2 Å². The van der Waals surface area contributed by atoms with Crippen molar-refractivity contribution in [2.45, 2.75) is 45.7 Å². The summed E-state index contributed by atoms with van der Waals surface area (Å²) in [5, 5.41) is 4.66. The predicted octanol–water partition coefficient (Wildman–Crippen LogP) is 2.77. The molecule has 0 aliphatic rings. The van der Waals surface area contributed by atoms with Crippen molar-refractivity contribution in [2.75, 3.05) is 18.8 Å². The molecule has 2 rings (SSSR count). The second-order valence-corrected chi connectivity index (χ2v) is 8.23. The Morgan fingerprint density at radius 2 is 2.04 bits per heavy atom. The van der Waals surface area contributed by atoms with Crippen LogP contribution in [-0.4, -0.2) is 51.6 Å². The monoisotopic (exact) mass is 380 g/mol. The Bertz CT molecular complexity index is 773. The van der Waals surface area contributed by atoms with Crippen LogP contribution in [-0.2, 0) is 9.59 Å². The zero-order valence-corrected chi connectivity index (χ0v) is 16.9. The molecule has 2 aromatic rings. The molecule has 0 fully saturated rings. The SMILES string of the molecule is CCN(CC(=O)NC(C)C)C(=O)CSc1ncnc2sc(C)c(C)c12. The third-order valence-corrected chi connectivity index (χ3v) is 5.87. The Hall–Kier alpha value is -1.67. The molecule has 2 aromatic heterocycles. The highest BCUT2D eigenvalue weighted by Gasteiger charge is 2.18. The van der Waals surface area contributed by atoms with E-state index >= 15 is 0 Å². The van der Waals surface area contributed by atoms with Crippen molar-refractivity contribution in [1.82, 2.24) is 20.2 Å². The first-order valence-electron chi connectivity index (χ1n) is 8.24. The number of carbonyl (C=O) groups excluding carboxylic acids is 2. The van der Waals surface area contributed by atoms with Gasteiger partial charge >= 0.3 is 0 Å². The maximum atomic E-state index is 12.5. The number of amides is 2. The Morgan fingerprint density at radius 1 is 1.32 bits per heavy atom. The van der Waals surface area contributed by atoms with Crippen LogP contribution in [0, 0.1) is 13.8 Å². The molecule has 0 saturated heterocycles. The van der Waals surface area contributed by atoms with Gasteiger partial charge < -0.3 is 10.2 Å². The molecule has 0 unspecified atom stereocenters. The van der Waals surface area contributed by atoms with Gasteiger partial charge in [-0.1, -0.05) is 11.8 Å². The van der Waals surface area contributed by atoms with E-state index in [1.165, 1.54) is 28.5 Å². The first-order chi connectivity index (χ1) is 11.8. The lowest BCUT2D eigenvalue weighted by atomic mass is 10.2. The average molecular weight is 381 g/mol. The second kappa shape index (κ2) is 8.62. The molecule has 0 atom stereocenters. The average Bonchev–Trinajstić information content (AvgIpc) is 2.84. The number of likely N-dealkylation sites (N-methyl/N-ethyl adjacent to an activating group) is 1. The quantitative estimate of drug-likeness (QED) is 0.590. The number of aryl methyl sites for hydroxylation is 2. The summed E-state index contributed by atoms with van der Waals surface area (Å²) in [5.74, 6) is 0.0511. The number of fused-ring (bicyclic) bond motifs is 1. The summed E-state index contributed by atoms with van der Waals surface area (Å²) in [6.07, 6.45) is 1.54. The summed E-state index contributed by atoms with van der Waals surface area (Å²) >= 11 is 3.04. The van der Waals surface area contributed by atoms with Crippen molar-refractivity contribution >= 4 is 45.1 Å². The van der Waals surface area contributed by atoms with Crippen molar-refractivity contribution in [3.8, 4) is 0 Å². The van der Waals surface area contributed by atoms with Gasteiger partial charge in [0.05, 0.1) is 12.3 Å². The Kier molecular flexibility index (Phi) is 6.78. The lowest BCUT2D eigenvalue weighted by molar-refractivity contribution is -0.134. The fourth-order valence-corrected chi connectivity index (χ4v) is 4.42. The van der Waals surface area contributed by atoms with Crippen LogP contribution >= 0.6 is 23.1 Å². The molecule has 25 heavy (non-hydrogen) atoms. The van der Waals surface area contributed by atoms with Crippen LogP contribution in [0.1, 0.15) is 31.2 Å². The van der Waals surface area contributed by atoms with Crippen molar-refractivity contribution in [1.29, 1.82) is 0 Å². The van der Waals surface area contributed by atoms with E-state index in [0.29, 0.717) is 6.54 Å². The van der Waals surface area contributed by atoms with Gasteiger partial charge in [0, 0.05) is 22.8 Å². The zero-order chi connectivity index (χ0) is 18.6. The predicted molar refractivity (Wildman–Crippen MR) is 103 cm³/mol. The van der Waals surface area contributed by atoms with E-state index in [0.717, 1.165) is 15.2 Å². The number of thiophene rings is 1. The van der Waals surface area contributed by atoms with Crippen molar-refractivity contribution < 1.29 is 9.59 Å². The Labute approximate surface area is 156 Å². The molecule has 0 aliphatic heterocycles. The van der Waals surface area contributed by atoms with Crippen LogP contribution in [0.3, 0.4) is 0 Å². The maximum Gasteiger partial charge on any atom is 0.239 e. The highest BCUT2D eigenvalue weighted by atomic mass is 32.2. The summed E-state index contributed by atoms with van der Waals surface area (Å²) in [4.78, 5) is 36.8. The van der Waals surface area contributed by atoms with Crippen LogP contribution in [0.4, 0.5) is 0 Å². The van der Waals surface area contributed by atoms with Gasteiger partial charge in [-0.25, -0.2) is 9.97 Å². The fraction of sp³-hybridized carbons (Fsp3) is 0.529. The molecular weight excluding hydrogens is 356 g/mol.